The van der Waals surface area contributed by atoms with Gasteiger partial charge in [-0.1, -0.05) is 6.07 Å². The van der Waals surface area contributed by atoms with Gasteiger partial charge in [-0.3, -0.25) is 4.79 Å². The summed E-state index contributed by atoms with van der Waals surface area (Å²) in [6.45, 7) is 0. The molecule has 0 amide bonds. The maximum atomic E-state index is 13.3. The van der Waals surface area contributed by atoms with Crippen LogP contribution < -0.4 is 0 Å². The van der Waals surface area contributed by atoms with Crippen LogP contribution in [0.15, 0.2) is 34.9 Å². The first-order valence-corrected chi connectivity index (χ1v) is 5.14. The zero-order valence-corrected chi connectivity index (χ0v) is 10.1. The highest BCUT2D eigenvalue weighted by atomic mass is 79.9. The number of benzene rings is 1. The van der Waals surface area contributed by atoms with E-state index in [0.29, 0.717) is 4.47 Å². The standard InChI is InChI=1S/C11H11BrFNO/c1-14(2)7-6-10(15)11-8(12)4-3-5-9(11)13/h3-7H,1-2H3. The molecule has 1 rings (SSSR count). The largest absolute Gasteiger partial charge is 0.383 e. The predicted molar refractivity (Wildman–Crippen MR) is 61.3 cm³/mol. The molecule has 0 fully saturated rings. The van der Waals surface area contributed by atoms with Crippen molar-refractivity contribution >= 4 is 21.7 Å². The summed E-state index contributed by atoms with van der Waals surface area (Å²) in [7, 11) is 3.58. The van der Waals surface area contributed by atoms with Crippen molar-refractivity contribution in [1.82, 2.24) is 4.90 Å². The van der Waals surface area contributed by atoms with Gasteiger partial charge >= 0.3 is 0 Å². The Hall–Kier alpha value is -1.16. The minimum atomic E-state index is -0.516. The van der Waals surface area contributed by atoms with Gasteiger partial charge in [0.15, 0.2) is 5.78 Å². The van der Waals surface area contributed by atoms with Crippen molar-refractivity contribution in [2.24, 2.45) is 0 Å². The van der Waals surface area contributed by atoms with Gasteiger partial charge in [0.2, 0.25) is 0 Å². The third-order valence-corrected chi connectivity index (χ3v) is 2.39. The first-order valence-electron chi connectivity index (χ1n) is 4.35. The van der Waals surface area contributed by atoms with Crippen LogP contribution in [0.25, 0.3) is 0 Å². The fourth-order valence-corrected chi connectivity index (χ4v) is 1.57. The molecule has 0 aliphatic rings. The molecule has 4 heteroatoms. The van der Waals surface area contributed by atoms with E-state index in [1.807, 2.05) is 0 Å². The lowest BCUT2D eigenvalue weighted by Gasteiger charge is -2.04. The Balaban J connectivity index is 3.01. The molecule has 2 nitrogen and oxygen atoms in total. The number of carbonyl (C=O) groups is 1. The Morgan fingerprint density at radius 1 is 1.47 bits per heavy atom. The van der Waals surface area contributed by atoms with E-state index in [4.69, 9.17) is 0 Å². The molecule has 80 valence electrons. The van der Waals surface area contributed by atoms with E-state index in [0.717, 1.165) is 0 Å². The van der Waals surface area contributed by atoms with Gasteiger partial charge in [0.1, 0.15) is 5.82 Å². The van der Waals surface area contributed by atoms with Gasteiger partial charge in [-0.15, -0.1) is 0 Å². The summed E-state index contributed by atoms with van der Waals surface area (Å²) in [5.74, 6) is -0.869. The van der Waals surface area contributed by atoms with E-state index in [1.165, 1.54) is 12.1 Å². The molecule has 0 N–H and O–H groups in total. The molecule has 0 aliphatic heterocycles. The molecular formula is C11H11BrFNO. The third kappa shape index (κ3) is 3.16. The number of halogens is 2. The molecule has 0 saturated carbocycles. The van der Waals surface area contributed by atoms with Crippen LogP contribution in [0.5, 0.6) is 0 Å². The lowest BCUT2D eigenvalue weighted by atomic mass is 10.1. The fraction of sp³-hybridized carbons (Fsp3) is 0.182. The first kappa shape index (κ1) is 11.9. The lowest BCUT2D eigenvalue weighted by molar-refractivity contribution is 0.104. The number of rotatable bonds is 3. The van der Waals surface area contributed by atoms with Crippen LogP contribution in [0, 0.1) is 5.82 Å². The topological polar surface area (TPSA) is 20.3 Å². The zero-order chi connectivity index (χ0) is 11.4. The van der Waals surface area contributed by atoms with Crippen molar-refractivity contribution in [3.05, 3.63) is 46.3 Å². The van der Waals surface area contributed by atoms with Gasteiger partial charge < -0.3 is 4.90 Å². The molecule has 15 heavy (non-hydrogen) atoms. The van der Waals surface area contributed by atoms with E-state index in [9.17, 15) is 9.18 Å². The van der Waals surface area contributed by atoms with Crippen LogP contribution in [0.1, 0.15) is 10.4 Å². The van der Waals surface area contributed by atoms with E-state index in [-0.39, 0.29) is 11.3 Å². The summed E-state index contributed by atoms with van der Waals surface area (Å²) >= 11 is 3.15. The van der Waals surface area contributed by atoms with Gasteiger partial charge in [-0.05, 0) is 28.1 Å². The van der Waals surface area contributed by atoms with Crippen molar-refractivity contribution in [2.75, 3.05) is 14.1 Å². The van der Waals surface area contributed by atoms with Crippen LogP contribution in [0.3, 0.4) is 0 Å². The van der Waals surface area contributed by atoms with Gasteiger partial charge in [-0.25, -0.2) is 4.39 Å². The van der Waals surface area contributed by atoms with E-state index in [1.54, 1.807) is 37.3 Å². The number of allylic oxidation sites excluding steroid dienone is 1. The molecule has 0 bridgehead atoms. The summed E-state index contributed by atoms with van der Waals surface area (Å²) in [5.41, 5.74) is 0.0654. The lowest BCUT2D eigenvalue weighted by Crippen LogP contribution is -2.05. The molecule has 1 aromatic rings. The third-order valence-electron chi connectivity index (χ3n) is 1.73. The Kier molecular flexibility index (Phi) is 4.03. The second-order valence-electron chi connectivity index (χ2n) is 3.24. The minimum Gasteiger partial charge on any atom is -0.383 e. The summed E-state index contributed by atoms with van der Waals surface area (Å²) in [4.78, 5) is 13.3. The van der Waals surface area contributed by atoms with Crippen molar-refractivity contribution in [1.29, 1.82) is 0 Å². The quantitative estimate of drug-likeness (QED) is 0.623. The number of nitrogens with zero attached hydrogens (tertiary/aromatic N) is 1. The van der Waals surface area contributed by atoms with Crippen molar-refractivity contribution in [3.8, 4) is 0 Å². The molecule has 0 saturated heterocycles. The molecule has 0 unspecified atom stereocenters. The van der Waals surface area contributed by atoms with Gasteiger partial charge in [0.05, 0.1) is 5.56 Å². The predicted octanol–water partition coefficient (Wildman–Crippen LogP) is 2.85. The number of ketones is 1. The summed E-state index contributed by atoms with van der Waals surface area (Å²) < 4.78 is 13.8. The molecule has 0 aromatic heterocycles. The van der Waals surface area contributed by atoms with Crippen LogP contribution in [0.4, 0.5) is 4.39 Å². The van der Waals surface area contributed by atoms with Crippen LogP contribution in [-0.2, 0) is 0 Å². The average molecular weight is 272 g/mol. The maximum Gasteiger partial charge on any atom is 0.191 e. The highest BCUT2D eigenvalue weighted by molar-refractivity contribution is 9.10. The molecule has 0 heterocycles. The monoisotopic (exact) mass is 271 g/mol. The van der Waals surface area contributed by atoms with Gasteiger partial charge in [0.25, 0.3) is 0 Å². The van der Waals surface area contributed by atoms with E-state index >= 15 is 0 Å². The smallest absolute Gasteiger partial charge is 0.191 e. The van der Waals surface area contributed by atoms with Crippen molar-refractivity contribution in [3.63, 3.8) is 0 Å². The van der Waals surface area contributed by atoms with E-state index < -0.39 is 5.82 Å². The molecular weight excluding hydrogens is 261 g/mol. The second kappa shape index (κ2) is 5.07. The molecule has 0 spiro atoms. The summed E-state index contributed by atoms with van der Waals surface area (Å²) in [6, 6.07) is 4.45. The SMILES string of the molecule is CN(C)C=CC(=O)c1c(F)cccc1Br. The fourth-order valence-electron chi connectivity index (χ4n) is 1.03. The Bertz CT molecular complexity index is 381. The zero-order valence-electron chi connectivity index (χ0n) is 8.50. The van der Waals surface area contributed by atoms with Gasteiger partial charge in [-0.2, -0.15) is 0 Å². The van der Waals surface area contributed by atoms with Crippen molar-refractivity contribution in [2.45, 2.75) is 0 Å². The number of hydrogen-bond acceptors (Lipinski definition) is 2. The molecule has 1 aromatic carbocycles. The first-order chi connectivity index (χ1) is 7.02. The Morgan fingerprint density at radius 2 is 2.13 bits per heavy atom. The second-order valence-corrected chi connectivity index (χ2v) is 4.09. The van der Waals surface area contributed by atoms with Crippen LogP contribution >= 0.6 is 15.9 Å². The number of hydrogen-bond donors (Lipinski definition) is 0. The average Bonchev–Trinajstić information content (AvgIpc) is 2.14. The summed E-state index contributed by atoms with van der Waals surface area (Å²) in [6.07, 6.45) is 2.92. The maximum absolute atomic E-state index is 13.3. The highest BCUT2D eigenvalue weighted by Crippen LogP contribution is 2.20. The molecule has 0 aliphatic carbocycles. The van der Waals surface area contributed by atoms with E-state index in [2.05, 4.69) is 15.9 Å². The highest BCUT2D eigenvalue weighted by Gasteiger charge is 2.12. The molecule has 0 radical (unpaired) electrons. The number of carbonyl (C=O) groups excluding carboxylic acids is 1. The molecule has 0 atom stereocenters. The van der Waals surface area contributed by atoms with Gasteiger partial charge in [0, 0.05) is 30.8 Å². The normalized spacial score (nSPS) is 10.7. The minimum absolute atomic E-state index is 0.0654. The van der Waals surface area contributed by atoms with Crippen LogP contribution in [0.2, 0.25) is 0 Å². The Morgan fingerprint density at radius 3 is 2.67 bits per heavy atom. The van der Waals surface area contributed by atoms with Crippen molar-refractivity contribution < 1.29 is 9.18 Å². The Labute approximate surface area is 96.5 Å². The summed E-state index contributed by atoms with van der Waals surface area (Å²) in [5, 5.41) is 0. The van der Waals surface area contributed by atoms with Crippen LogP contribution in [-0.4, -0.2) is 24.8 Å².